The Morgan fingerprint density at radius 3 is 2.87 bits per heavy atom. The lowest BCUT2D eigenvalue weighted by Gasteiger charge is -2.19. The number of ether oxygens (including phenoxy) is 1. The molecule has 1 aliphatic heterocycles. The topological polar surface area (TPSA) is 85.2 Å². The number of amides is 1. The first-order valence-electron chi connectivity index (χ1n) is 10.2. The standard InChI is InChI=1S/C19H18F4N6O2/c20-12-2-3-24-16(8-12)26-17-13-10-25-14(18(30)28-4-1-6-31-7-5-28)9-15(13)29(27-17)11-19(21,22)23/h2-3,8-10H,1,4-7,11H2,(H,24,26,27)/i1D2. The lowest BCUT2D eigenvalue weighted by molar-refractivity contribution is -0.141. The first kappa shape index (κ1) is 18.5. The maximum Gasteiger partial charge on any atom is 0.408 e. The zero-order valence-corrected chi connectivity index (χ0v) is 16.0. The fourth-order valence-electron chi connectivity index (χ4n) is 3.08. The van der Waals surface area contributed by atoms with E-state index in [4.69, 9.17) is 7.48 Å². The molecule has 8 nitrogen and oxygen atoms in total. The second-order valence-electron chi connectivity index (χ2n) is 6.72. The van der Waals surface area contributed by atoms with E-state index >= 15 is 0 Å². The molecule has 4 rings (SSSR count). The number of anilines is 2. The third-order valence-electron chi connectivity index (χ3n) is 4.45. The van der Waals surface area contributed by atoms with E-state index in [2.05, 4.69) is 20.4 Å². The molecule has 0 spiro atoms. The molecule has 0 bridgehead atoms. The smallest absolute Gasteiger partial charge is 0.380 e. The Morgan fingerprint density at radius 2 is 2.10 bits per heavy atom. The van der Waals surface area contributed by atoms with E-state index < -0.39 is 30.8 Å². The Balaban J connectivity index is 1.72. The minimum absolute atomic E-state index is 0.0282. The van der Waals surface area contributed by atoms with Gasteiger partial charge in [-0.25, -0.2) is 9.37 Å². The van der Waals surface area contributed by atoms with Crippen LogP contribution in [0.1, 0.15) is 19.6 Å². The number of nitrogens with zero attached hydrogens (tertiary/aromatic N) is 5. The first-order valence-corrected chi connectivity index (χ1v) is 9.20. The molecule has 1 fully saturated rings. The van der Waals surface area contributed by atoms with Crippen LogP contribution in [0.4, 0.5) is 29.2 Å². The zero-order chi connectivity index (χ0) is 23.8. The molecule has 0 unspecified atom stereocenters. The number of nitrogens with one attached hydrogen (secondary N) is 1. The number of alkyl halides is 3. The van der Waals surface area contributed by atoms with Gasteiger partial charge in [-0.2, -0.15) is 18.3 Å². The van der Waals surface area contributed by atoms with Crippen molar-refractivity contribution < 1.29 is 29.8 Å². The van der Waals surface area contributed by atoms with Gasteiger partial charge in [0, 0.05) is 40.9 Å². The van der Waals surface area contributed by atoms with Gasteiger partial charge >= 0.3 is 6.18 Å². The quantitative estimate of drug-likeness (QED) is 0.628. The van der Waals surface area contributed by atoms with Gasteiger partial charge in [-0.15, -0.1) is 0 Å². The Labute approximate surface area is 176 Å². The number of halogens is 4. The lowest BCUT2D eigenvalue weighted by atomic mass is 10.2. The van der Waals surface area contributed by atoms with Gasteiger partial charge in [0.25, 0.3) is 5.91 Å². The van der Waals surface area contributed by atoms with Gasteiger partial charge in [-0.3, -0.25) is 14.5 Å². The molecule has 164 valence electrons. The minimum Gasteiger partial charge on any atom is -0.380 e. The maximum absolute atomic E-state index is 13.5. The van der Waals surface area contributed by atoms with Crippen molar-refractivity contribution in [3.8, 4) is 0 Å². The van der Waals surface area contributed by atoms with Crippen molar-refractivity contribution in [3.05, 3.63) is 42.1 Å². The molecule has 1 aliphatic rings. The average molecular weight is 440 g/mol. The minimum atomic E-state index is -4.60. The Hall–Kier alpha value is -3.28. The van der Waals surface area contributed by atoms with Gasteiger partial charge < -0.3 is 15.0 Å². The van der Waals surface area contributed by atoms with Gasteiger partial charge in [0.15, 0.2) is 5.82 Å². The zero-order valence-electron chi connectivity index (χ0n) is 18.0. The van der Waals surface area contributed by atoms with Crippen molar-refractivity contribution in [3.63, 3.8) is 0 Å². The normalized spacial score (nSPS) is 17.7. The van der Waals surface area contributed by atoms with E-state index in [1.54, 1.807) is 0 Å². The molecule has 12 heteroatoms. The van der Waals surface area contributed by atoms with E-state index in [0.29, 0.717) is 4.68 Å². The largest absolute Gasteiger partial charge is 0.408 e. The molecule has 1 saturated heterocycles. The Bertz CT molecular complexity index is 1190. The summed E-state index contributed by atoms with van der Waals surface area (Å²) in [5, 5.41) is 6.77. The van der Waals surface area contributed by atoms with Crippen molar-refractivity contribution in [1.29, 1.82) is 0 Å². The molecule has 0 radical (unpaired) electrons. The summed E-state index contributed by atoms with van der Waals surface area (Å²) in [5.41, 5.74) is -0.197. The molecule has 3 aromatic rings. The van der Waals surface area contributed by atoms with Crippen LogP contribution in [0.3, 0.4) is 0 Å². The second kappa shape index (κ2) is 8.46. The molecule has 31 heavy (non-hydrogen) atoms. The fourth-order valence-corrected chi connectivity index (χ4v) is 3.08. The monoisotopic (exact) mass is 440 g/mol. The van der Waals surface area contributed by atoms with E-state index in [-0.39, 0.29) is 54.5 Å². The van der Waals surface area contributed by atoms with Crippen LogP contribution < -0.4 is 5.32 Å². The molecule has 1 amide bonds. The number of hydrogen-bond acceptors (Lipinski definition) is 6. The number of hydrogen-bond donors (Lipinski definition) is 1. The highest BCUT2D eigenvalue weighted by Crippen LogP contribution is 2.28. The van der Waals surface area contributed by atoms with Crippen LogP contribution in [0.15, 0.2) is 30.6 Å². The number of carbonyl (C=O) groups is 1. The lowest BCUT2D eigenvalue weighted by Crippen LogP contribution is -2.33. The Kier molecular flexibility index (Phi) is 5.04. The van der Waals surface area contributed by atoms with E-state index in [9.17, 15) is 22.4 Å². The number of pyridine rings is 2. The van der Waals surface area contributed by atoms with Crippen molar-refractivity contribution >= 4 is 28.4 Å². The molecule has 0 aliphatic carbocycles. The number of carbonyl (C=O) groups excluding carboxylic acids is 1. The summed E-state index contributed by atoms with van der Waals surface area (Å²) in [4.78, 5) is 22.1. The number of rotatable bonds is 4. The number of fused-ring (bicyclic) bond motifs is 1. The molecular weight excluding hydrogens is 420 g/mol. The third-order valence-corrected chi connectivity index (χ3v) is 4.45. The number of aromatic nitrogens is 4. The molecular formula is C19H18F4N6O2. The average Bonchev–Trinajstić information content (AvgIpc) is 2.92. The van der Waals surface area contributed by atoms with Gasteiger partial charge in [0.05, 0.1) is 17.5 Å². The molecule has 4 heterocycles. The molecule has 0 saturated carbocycles. The van der Waals surface area contributed by atoms with Crippen molar-refractivity contribution in [2.45, 2.75) is 19.1 Å². The van der Waals surface area contributed by atoms with Gasteiger partial charge in [-0.05, 0) is 18.5 Å². The highest BCUT2D eigenvalue weighted by Gasteiger charge is 2.30. The molecule has 0 atom stereocenters. The van der Waals surface area contributed by atoms with E-state index in [1.807, 2.05) is 0 Å². The summed E-state index contributed by atoms with van der Waals surface area (Å²) in [6.07, 6.45) is -4.00. The highest BCUT2D eigenvalue weighted by atomic mass is 19.4. The van der Waals surface area contributed by atoms with Crippen LogP contribution in [-0.2, 0) is 11.3 Å². The summed E-state index contributed by atoms with van der Waals surface area (Å²) < 4.78 is 74.5. The summed E-state index contributed by atoms with van der Waals surface area (Å²) in [5.74, 6) is -1.26. The molecule has 1 N–H and O–H groups in total. The maximum atomic E-state index is 13.5. The summed E-state index contributed by atoms with van der Waals surface area (Å²) in [6.45, 7) is -1.62. The SMILES string of the molecule is [2H]C1([2H])COCCN(C(=O)c2cc3c(cn2)c(Nc2cc(F)ccn2)nn3CC(F)(F)F)C1. The van der Waals surface area contributed by atoms with Crippen LogP contribution in [-0.4, -0.2) is 63.0 Å². The highest BCUT2D eigenvalue weighted by molar-refractivity contribution is 5.98. The van der Waals surface area contributed by atoms with Gasteiger partial charge in [0.2, 0.25) is 0 Å². The van der Waals surface area contributed by atoms with Gasteiger partial charge in [0.1, 0.15) is 23.9 Å². The van der Waals surface area contributed by atoms with Gasteiger partial charge in [-0.1, -0.05) is 0 Å². The van der Waals surface area contributed by atoms with Crippen LogP contribution in [0.25, 0.3) is 10.9 Å². The third kappa shape index (κ3) is 4.90. The predicted molar refractivity (Wildman–Crippen MR) is 102 cm³/mol. The van der Waals surface area contributed by atoms with Crippen molar-refractivity contribution in [2.75, 3.05) is 31.6 Å². The Morgan fingerprint density at radius 1 is 1.26 bits per heavy atom. The predicted octanol–water partition coefficient (Wildman–Crippen LogP) is 3.13. The summed E-state index contributed by atoms with van der Waals surface area (Å²) in [7, 11) is 0. The molecule has 3 aromatic heterocycles. The van der Waals surface area contributed by atoms with Crippen molar-refractivity contribution in [2.24, 2.45) is 0 Å². The van der Waals surface area contributed by atoms with Crippen molar-refractivity contribution in [1.82, 2.24) is 24.6 Å². The van der Waals surface area contributed by atoms with E-state index in [0.717, 1.165) is 12.1 Å². The van der Waals surface area contributed by atoms with E-state index in [1.165, 1.54) is 23.4 Å². The first-order chi connectivity index (χ1) is 15.5. The van der Waals surface area contributed by atoms with Crippen LogP contribution >= 0.6 is 0 Å². The molecule has 0 aromatic carbocycles. The van der Waals surface area contributed by atoms with Crippen LogP contribution in [0.2, 0.25) is 0 Å². The van der Waals surface area contributed by atoms with Crippen LogP contribution in [0, 0.1) is 5.82 Å². The summed E-state index contributed by atoms with van der Waals surface area (Å²) >= 11 is 0. The fraction of sp³-hybridized carbons (Fsp3) is 0.368. The summed E-state index contributed by atoms with van der Waals surface area (Å²) in [6, 6.07) is 3.33. The second-order valence-corrected chi connectivity index (χ2v) is 6.72. The van der Waals surface area contributed by atoms with Crippen LogP contribution in [0.5, 0.6) is 0 Å².